The van der Waals surface area contributed by atoms with Crippen LogP contribution in [0.25, 0.3) is 0 Å². The third-order valence-corrected chi connectivity index (χ3v) is 15.7. The van der Waals surface area contributed by atoms with Crippen LogP contribution in [-0.4, -0.2) is 72.2 Å². The Morgan fingerprint density at radius 1 is 0.702 bits per heavy atom. The van der Waals surface area contributed by atoms with E-state index in [2.05, 4.69) is 48.0 Å². The zero-order valence-electron chi connectivity index (χ0n) is 32.0. The van der Waals surface area contributed by atoms with Gasteiger partial charge in [-0.2, -0.15) is 0 Å². The van der Waals surface area contributed by atoms with Gasteiger partial charge in [0.25, 0.3) is 5.24 Å². The molecule has 0 atom stereocenters. The molecule has 3 aliphatic rings. The number of hydrogen-bond acceptors (Lipinski definition) is 8. The Labute approximate surface area is 361 Å². The smallest absolute Gasteiger partial charge is 0.372 e. The molecule has 57 heavy (non-hydrogen) atoms. The summed E-state index contributed by atoms with van der Waals surface area (Å²) in [5.74, 6) is -0.272. The molecule has 0 unspecified atom stereocenters. The molecular weight excluding hydrogens is 865 g/mol. The molecule has 3 aromatic rings. The second-order valence-electron chi connectivity index (χ2n) is 13.3. The molecule has 6 rings (SSSR count). The molecule has 10 nitrogen and oxygen atoms in total. The van der Waals surface area contributed by atoms with Crippen LogP contribution in [0.5, 0.6) is 0 Å². The summed E-state index contributed by atoms with van der Waals surface area (Å²) in [6.45, 7) is 8.82. The van der Waals surface area contributed by atoms with Crippen molar-refractivity contribution in [2.24, 2.45) is 10.3 Å². The van der Waals surface area contributed by atoms with Gasteiger partial charge >= 0.3 is 13.2 Å². The van der Waals surface area contributed by atoms with Crippen molar-refractivity contribution in [3.63, 3.8) is 0 Å². The molecule has 0 saturated carbocycles. The van der Waals surface area contributed by atoms with Crippen molar-refractivity contribution >= 4 is 94.8 Å². The standard InChI is InChI=1S/C18H19ClN2O3S.C11H14N.C7H5Cl2NO3S.2C2H5.Al.ClH/c19-16-9-6-14(12-17(16)25(20,23)24)18(22)13-4-7-15(8-5-13)21-10-2-1-3-11-21;1-3-7-11(8-4-1)12-9-5-2-6-10-12;8-5-2-1-4(7(9)11)3-6(5)14(10,12)13;2*1-2;;/h4-9,12H,1-3,10-11H2,(H2,20,23,24);1,3,7-8H,2,5-6,9-10H2;1-3H,(H2,10,12,13);2*1H2,2H3;;1H/q;+1;;;;+1;/p-1. The van der Waals surface area contributed by atoms with Crippen LogP contribution in [-0.2, 0) is 20.0 Å². The monoisotopic (exact) mass is 911 g/mol. The fourth-order valence-electron chi connectivity index (χ4n) is 5.87. The summed E-state index contributed by atoms with van der Waals surface area (Å²) in [7, 11) is -2.13. The summed E-state index contributed by atoms with van der Waals surface area (Å²) in [5, 5.41) is 11.6. The second-order valence-corrected chi connectivity index (χ2v) is 22.2. The number of carbonyl (C=O) groups is 2. The quantitative estimate of drug-likeness (QED) is 0.0931. The zero-order chi connectivity index (χ0) is 42.2. The van der Waals surface area contributed by atoms with Crippen molar-refractivity contribution in [2.75, 3.05) is 31.1 Å². The van der Waals surface area contributed by atoms with Crippen LogP contribution in [0.15, 0.2) is 100 Å². The number of hydrogen-bond donors (Lipinski definition) is 2. The highest BCUT2D eigenvalue weighted by atomic mass is 35.6. The predicted octanol–water partition coefficient (Wildman–Crippen LogP) is 9.12. The first-order valence-electron chi connectivity index (χ1n) is 18.6. The highest BCUT2D eigenvalue weighted by Gasteiger charge is 2.19. The SMILES string of the molecule is C[CH2][Al]([Cl])[CH2]C.NS(=O)(=O)c1cc(C(=O)Cl)ccc1Cl.NS(=O)(=O)c1cc(C(=O)c2ccc(N3CCCCC3)cc2)ccc1Cl.[C+]1=CC(N2CCCCC2)=CC=C1. The van der Waals surface area contributed by atoms with E-state index in [1.807, 2.05) is 18.2 Å². The van der Waals surface area contributed by atoms with Gasteiger partial charge in [-0.1, -0.05) is 47.6 Å². The van der Waals surface area contributed by atoms with E-state index in [-0.39, 0.29) is 36.7 Å². The molecule has 17 heteroatoms. The lowest BCUT2D eigenvalue weighted by Crippen LogP contribution is -2.29. The van der Waals surface area contributed by atoms with Crippen molar-refractivity contribution in [1.29, 1.82) is 0 Å². The van der Waals surface area contributed by atoms with Gasteiger partial charge < -0.3 is 9.80 Å². The second kappa shape index (κ2) is 23.7. The number of benzene rings is 3. The first kappa shape index (κ1) is 48.6. The fraction of sp³-hybridized carbons (Fsp3) is 0.350. The van der Waals surface area contributed by atoms with Gasteiger partial charge in [-0.15, -0.1) is 0 Å². The summed E-state index contributed by atoms with van der Waals surface area (Å²) < 4.78 is 45.1. The molecule has 1 aliphatic carbocycles. The van der Waals surface area contributed by atoms with E-state index in [9.17, 15) is 26.4 Å². The minimum absolute atomic E-state index is 0.000466. The van der Waals surface area contributed by atoms with E-state index >= 15 is 0 Å². The van der Waals surface area contributed by atoms with Crippen LogP contribution in [0.1, 0.15) is 78.7 Å². The van der Waals surface area contributed by atoms with Gasteiger partial charge in [0.15, 0.2) is 5.78 Å². The van der Waals surface area contributed by atoms with Crippen molar-refractivity contribution in [3.8, 4) is 0 Å². The molecule has 2 fully saturated rings. The van der Waals surface area contributed by atoms with Crippen LogP contribution >= 0.6 is 44.9 Å². The number of likely N-dealkylation sites (tertiary alicyclic amines) is 1. The zero-order valence-corrected chi connectivity index (χ0v) is 37.8. The maximum absolute atomic E-state index is 12.6. The highest BCUT2D eigenvalue weighted by molar-refractivity contribution is 7.89. The van der Waals surface area contributed by atoms with Crippen LogP contribution in [0.4, 0.5) is 5.69 Å². The van der Waals surface area contributed by atoms with Gasteiger partial charge in [0.1, 0.15) is 27.6 Å². The molecule has 2 saturated heterocycles. The third kappa shape index (κ3) is 16.1. The van der Waals surface area contributed by atoms with E-state index in [4.69, 9.17) is 55.1 Å². The highest BCUT2D eigenvalue weighted by Crippen LogP contribution is 2.26. The van der Waals surface area contributed by atoms with Gasteiger partial charge in [0, 0.05) is 60.7 Å². The Bertz CT molecular complexity index is 2130. The first-order chi connectivity index (χ1) is 27.0. The molecule has 306 valence electrons. The number of carbonyl (C=O) groups excluding carboxylic acids is 2. The van der Waals surface area contributed by atoms with E-state index in [0.717, 1.165) is 24.8 Å². The number of piperidine rings is 2. The number of ketones is 1. The molecule has 3 aromatic carbocycles. The maximum Gasteiger partial charge on any atom is 0.399 e. The Morgan fingerprint density at radius 3 is 1.58 bits per heavy atom. The van der Waals surface area contributed by atoms with E-state index in [0.29, 0.717) is 5.56 Å². The largest absolute Gasteiger partial charge is 0.399 e. The number of sulfonamides is 2. The van der Waals surface area contributed by atoms with Crippen LogP contribution in [0.3, 0.4) is 0 Å². The molecule has 4 N–H and O–H groups in total. The van der Waals surface area contributed by atoms with Crippen molar-refractivity contribution in [3.05, 3.63) is 123 Å². The summed E-state index contributed by atoms with van der Waals surface area (Å²) in [5.41, 5.74) is 3.18. The predicted molar refractivity (Wildman–Crippen MR) is 235 cm³/mol. The lowest BCUT2D eigenvalue weighted by atomic mass is 10.0. The van der Waals surface area contributed by atoms with Crippen LogP contribution in [0, 0.1) is 6.08 Å². The Hall–Kier alpha value is -2.76. The fourth-order valence-corrected chi connectivity index (χ4v) is 8.71. The maximum atomic E-state index is 12.6. The number of halogens is 4. The molecule has 0 spiro atoms. The Kier molecular flexibility index (Phi) is 20.2. The van der Waals surface area contributed by atoms with Gasteiger partial charge in [-0.25, -0.2) is 27.1 Å². The average Bonchev–Trinajstić information content (AvgIpc) is 3.21. The lowest BCUT2D eigenvalue weighted by molar-refractivity contribution is 0.103. The van der Waals surface area contributed by atoms with Gasteiger partial charge in [-0.05, 0) is 111 Å². The van der Waals surface area contributed by atoms with E-state index in [1.54, 1.807) is 12.1 Å². The summed E-state index contributed by atoms with van der Waals surface area (Å²) >= 11 is 15.9. The number of nitrogens with two attached hydrogens (primary N) is 2. The number of nitrogens with zero attached hydrogens (tertiary/aromatic N) is 2. The van der Waals surface area contributed by atoms with Crippen molar-refractivity contribution < 1.29 is 26.4 Å². The number of rotatable bonds is 9. The van der Waals surface area contributed by atoms with Crippen LogP contribution < -0.4 is 15.2 Å². The third-order valence-electron chi connectivity index (χ3n) is 9.11. The Balaban J connectivity index is 0.000000230. The average molecular weight is 914 g/mol. The molecule has 0 amide bonds. The number of primary sulfonamides is 2. The van der Waals surface area contributed by atoms with Gasteiger partial charge in [-0.3, -0.25) is 19.6 Å². The summed E-state index contributed by atoms with van der Waals surface area (Å²) in [4.78, 5) is 27.5. The summed E-state index contributed by atoms with van der Waals surface area (Å²) in [6.07, 6.45) is 19.1. The van der Waals surface area contributed by atoms with Crippen LogP contribution in [0.2, 0.25) is 20.6 Å². The van der Waals surface area contributed by atoms with E-state index in [1.165, 1.54) is 98.2 Å². The molecule has 0 radical (unpaired) electrons. The minimum atomic E-state index is -3.98. The normalized spacial score (nSPS) is 15.0. The number of allylic oxidation sites excluding steroid dienone is 5. The Morgan fingerprint density at radius 2 is 1.16 bits per heavy atom. The topological polar surface area (TPSA) is 161 Å². The number of anilines is 1. The van der Waals surface area contributed by atoms with Gasteiger partial charge in [0.2, 0.25) is 20.0 Å². The molecule has 0 aromatic heterocycles. The molecule has 2 aliphatic heterocycles. The molecular formula is C40H48AlCl4N4O6S2+. The van der Waals surface area contributed by atoms with Crippen molar-refractivity contribution in [2.45, 2.75) is 72.7 Å². The molecule has 2 heterocycles. The van der Waals surface area contributed by atoms with Gasteiger partial charge in [0.05, 0.1) is 16.1 Å². The van der Waals surface area contributed by atoms with E-state index < -0.39 is 38.5 Å². The minimum Gasteiger partial charge on any atom is -0.372 e. The lowest BCUT2D eigenvalue weighted by Gasteiger charge is -2.28. The summed E-state index contributed by atoms with van der Waals surface area (Å²) in [6, 6.07) is 15.1. The molecule has 0 bridgehead atoms. The van der Waals surface area contributed by atoms with Crippen molar-refractivity contribution in [1.82, 2.24) is 4.90 Å². The first-order valence-corrected chi connectivity index (χ1v) is 26.2.